The van der Waals surface area contributed by atoms with E-state index in [1.54, 1.807) is 24.3 Å². The van der Waals surface area contributed by atoms with E-state index in [9.17, 15) is 9.59 Å². The van der Waals surface area contributed by atoms with Gasteiger partial charge in [0.15, 0.2) is 11.0 Å². The lowest BCUT2D eigenvalue weighted by Crippen LogP contribution is -2.20. The van der Waals surface area contributed by atoms with E-state index in [1.165, 1.54) is 44.3 Å². The molecule has 1 saturated carbocycles. The number of nitrogens with zero attached hydrogens (tertiary/aromatic N) is 4. The molecule has 3 aromatic rings. The number of halogens is 1. The summed E-state index contributed by atoms with van der Waals surface area (Å²) < 4.78 is 6.85. The van der Waals surface area contributed by atoms with Crippen LogP contribution >= 0.6 is 23.4 Å². The molecule has 0 atom stereocenters. The van der Waals surface area contributed by atoms with Crippen LogP contribution in [-0.4, -0.2) is 45.7 Å². The molecule has 1 aliphatic carbocycles. The summed E-state index contributed by atoms with van der Waals surface area (Å²) in [6.45, 7) is 0. The lowest BCUT2D eigenvalue weighted by molar-refractivity contribution is -0.118. The van der Waals surface area contributed by atoms with Crippen molar-refractivity contribution in [1.82, 2.24) is 20.2 Å². The number of esters is 1. The second-order valence-electron chi connectivity index (χ2n) is 8.17. The number of hydrazone groups is 1. The van der Waals surface area contributed by atoms with Crippen LogP contribution < -0.4 is 5.43 Å². The van der Waals surface area contributed by atoms with Crippen molar-refractivity contribution in [3.05, 3.63) is 64.7 Å². The van der Waals surface area contributed by atoms with Gasteiger partial charge in [0.1, 0.15) is 0 Å². The van der Waals surface area contributed by atoms with E-state index in [4.69, 9.17) is 11.6 Å². The van der Waals surface area contributed by atoms with Gasteiger partial charge in [-0.3, -0.25) is 9.36 Å². The van der Waals surface area contributed by atoms with Gasteiger partial charge in [-0.1, -0.05) is 54.8 Å². The lowest BCUT2D eigenvalue weighted by Gasteiger charge is -2.25. The predicted octanol–water partition coefficient (Wildman–Crippen LogP) is 5.13. The van der Waals surface area contributed by atoms with Crippen LogP contribution in [0.2, 0.25) is 5.02 Å². The van der Waals surface area contributed by atoms with Gasteiger partial charge in [-0.25, -0.2) is 10.2 Å². The number of aromatic nitrogens is 3. The maximum Gasteiger partial charge on any atom is 0.337 e. The third-order valence-electron chi connectivity index (χ3n) is 5.77. The quantitative estimate of drug-likeness (QED) is 0.195. The maximum atomic E-state index is 12.4. The highest BCUT2D eigenvalue weighted by Crippen LogP contribution is 2.35. The van der Waals surface area contributed by atoms with Crippen LogP contribution in [0.4, 0.5) is 0 Å². The van der Waals surface area contributed by atoms with E-state index in [0.29, 0.717) is 16.6 Å². The zero-order chi connectivity index (χ0) is 24.6. The van der Waals surface area contributed by atoms with Crippen LogP contribution in [0, 0.1) is 0 Å². The Morgan fingerprint density at radius 2 is 1.83 bits per heavy atom. The van der Waals surface area contributed by atoms with Crippen molar-refractivity contribution in [2.75, 3.05) is 12.9 Å². The van der Waals surface area contributed by atoms with Gasteiger partial charge in [0, 0.05) is 16.6 Å². The number of hydrogen-bond donors (Lipinski definition) is 1. The highest BCUT2D eigenvalue weighted by molar-refractivity contribution is 7.99. The molecule has 1 heterocycles. The largest absolute Gasteiger partial charge is 0.465 e. The van der Waals surface area contributed by atoms with Crippen molar-refractivity contribution in [1.29, 1.82) is 0 Å². The molecule has 0 bridgehead atoms. The van der Waals surface area contributed by atoms with Crippen molar-refractivity contribution in [2.24, 2.45) is 5.10 Å². The summed E-state index contributed by atoms with van der Waals surface area (Å²) in [6, 6.07) is 14.6. The Hall–Kier alpha value is -3.17. The molecule has 2 aromatic carbocycles. The summed E-state index contributed by atoms with van der Waals surface area (Å²) in [4.78, 5) is 23.9. The molecule has 4 rings (SSSR count). The fourth-order valence-electron chi connectivity index (χ4n) is 4.00. The third-order valence-corrected chi connectivity index (χ3v) is 6.97. The normalized spacial score (nSPS) is 14.2. The van der Waals surface area contributed by atoms with Crippen LogP contribution in [0.25, 0.3) is 11.4 Å². The number of thioether (sulfide) groups is 1. The molecule has 1 amide bonds. The highest BCUT2D eigenvalue weighted by Gasteiger charge is 2.24. The fourth-order valence-corrected chi connectivity index (χ4v) is 4.93. The SMILES string of the molecule is COC(=O)c1ccc(C=NNC(=O)CSc2nnc(-c3ccc(Cl)cc3)n2C2CCCCC2)cc1. The van der Waals surface area contributed by atoms with Crippen molar-refractivity contribution < 1.29 is 14.3 Å². The van der Waals surface area contributed by atoms with Gasteiger partial charge in [-0.05, 0) is 54.8 Å². The number of nitrogens with one attached hydrogen (secondary N) is 1. The molecule has 0 radical (unpaired) electrons. The molecule has 1 fully saturated rings. The van der Waals surface area contributed by atoms with Gasteiger partial charge >= 0.3 is 5.97 Å². The fraction of sp³-hybridized carbons (Fsp3) is 0.320. The average Bonchev–Trinajstić information content (AvgIpc) is 3.32. The third kappa shape index (κ3) is 6.49. The minimum absolute atomic E-state index is 0.157. The second-order valence-corrected chi connectivity index (χ2v) is 9.55. The molecule has 0 aliphatic heterocycles. The monoisotopic (exact) mass is 511 g/mol. The number of carbonyl (C=O) groups excluding carboxylic acids is 2. The van der Waals surface area contributed by atoms with Gasteiger partial charge in [0.05, 0.1) is 24.6 Å². The minimum atomic E-state index is -0.404. The Balaban J connectivity index is 1.40. The first-order valence-electron chi connectivity index (χ1n) is 11.4. The Labute approximate surface area is 213 Å². The summed E-state index contributed by atoms with van der Waals surface area (Å²) in [6.07, 6.45) is 7.23. The van der Waals surface area contributed by atoms with E-state index in [-0.39, 0.29) is 11.7 Å². The molecule has 0 saturated heterocycles. The molecule has 35 heavy (non-hydrogen) atoms. The number of amides is 1. The molecule has 10 heteroatoms. The average molecular weight is 512 g/mol. The van der Waals surface area contributed by atoms with Crippen molar-refractivity contribution in [3.8, 4) is 11.4 Å². The van der Waals surface area contributed by atoms with Crippen molar-refractivity contribution in [3.63, 3.8) is 0 Å². The summed E-state index contributed by atoms with van der Waals surface area (Å²) in [7, 11) is 1.33. The van der Waals surface area contributed by atoms with E-state index < -0.39 is 5.97 Å². The zero-order valence-corrected chi connectivity index (χ0v) is 20.9. The van der Waals surface area contributed by atoms with Crippen LogP contribution in [0.1, 0.15) is 54.1 Å². The van der Waals surface area contributed by atoms with E-state index in [0.717, 1.165) is 34.9 Å². The molecular formula is C25H26ClN5O3S. The highest BCUT2D eigenvalue weighted by atomic mass is 35.5. The van der Waals surface area contributed by atoms with Gasteiger partial charge in [-0.2, -0.15) is 5.10 Å². The number of ether oxygens (including phenoxy) is 1. The van der Waals surface area contributed by atoms with Crippen LogP contribution in [0.3, 0.4) is 0 Å². The smallest absolute Gasteiger partial charge is 0.337 e. The van der Waals surface area contributed by atoms with Crippen molar-refractivity contribution >= 4 is 41.5 Å². The first-order valence-corrected chi connectivity index (χ1v) is 12.8. The van der Waals surface area contributed by atoms with E-state index in [2.05, 4.69) is 30.0 Å². The van der Waals surface area contributed by atoms with E-state index >= 15 is 0 Å². The van der Waals surface area contributed by atoms with Crippen molar-refractivity contribution in [2.45, 2.75) is 43.3 Å². The molecule has 182 valence electrons. The Bertz CT molecular complexity index is 1190. The first-order chi connectivity index (χ1) is 17.0. The number of rotatable bonds is 8. The molecule has 0 spiro atoms. The molecular weight excluding hydrogens is 486 g/mol. The number of carbonyl (C=O) groups is 2. The molecule has 8 nitrogen and oxygen atoms in total. The number of methoxy groups -OCH3 is 1. The molecule has 0 unspecified atom stereocenters. The van der Waals surface area contributed by atoms with Crippen LogP contribution in [0.5, 0.6) is 0 Å². The first kappa shape index (κ1) is 24.9. The minimum Gasteiger partial charge on any atom is -0.465 e. The van der Waals surface area contributed by atoms with Gasteiger partial charge < -0.3 is 4.74 Å². The predicted molar refractivity (Wildman–Crippen MR) is 137 cm³/mol. The Morgan fingerprint density at radius 3 is 2.51 bits per heavy atom. The summed E-state index contributed by atoms with van der Waals surface area (Å²) in [5.74, 6) is 0.303. The van der Waals surface area contributed by atoms with Crippen LogP contribution in [-0.2, 0) is 9.53 Å². The topological polar surface area (TPSA) is 98.5 Å². The summed E-state index contributed by atoms with van der Waals surface area (Å²) >= 11 is 7.41. The van der Waals surface area contributed by atoms with E-state index in [1.807, 2.05) is 24.3 Å². The molecule has 1 aromatic heterocycles. The standard InChI is InChI=1S/C25H26ClN5O3S/c1-34-24(33)19-9-7-17(8-10-19)15-27-28-22(32)16-35-25-30-29-23(18-11-13-20(26)14-12-18)31(25)21-5-3-2-4-6-21/h7-15,21H,2-6,16H2,1H3,(H,28,32). The Kier molecular flexibility index (Phi) is 8.54. The Morgan fingerprint density at radius 1 is 1.11 bits per heavy atom. The zero-order valence-electron chi connectivity index (χ0n) is 19.3. The maximum absolute atomic E-state index is 12.4. The molecule has 1 N–H and O–H groups in total. The van der Waals surface area contributed by atoms with Crippen LogP contribution in [0.15, 0.2) is 58.8 Å². The summed E-state index contributed by atoms with van der Waals surface area (Å²) in [5, 5.41) is 14.3. The second kappa shape index (κ2) is 12.0. The lowest BCUT2D eigenvalue weighted by atomic mass is 9.95. The van der Waals surface area contributed by atoms with Gasteiger partial charge in [0.25, 0.3) is 5.91 Å². The van der Waals surface area contributed by atoms with Gasteiger partial charge in [-0.15, -0.1) is 10.2 Å². The summed E-state index contributed by atoms with van der Waals surface area (Å²) in [5.41, 5.74) is 4.68. The number of hydrogen-bond acceptors (Lipinski definition) is 7. The number of benzene rings is 2. The van der Waals surface area contributed by atoms with Gasteiger partial charge in [0.2, 0.25) is 0 Å². The molecule has 1 aliphatic rings.